The summed E-state index contributed by atoms with van der Waals surface area (Å²) >= 11 is 0. The number of hydrogen-bond donors (Lipinski definition) is 1. The van der Waals surface area contributed by atoms with Gasteiger partial charge in [0.2, 0.25) is 0 Å². The number of hydrogen-bond acceptors (Lipinski definition) is 4. The molecule has 5 nitrogen and oxygen atoms in total. The predicted octanol–water partition coefficient (Wildman–Crippen LogP) is -0.618. The highest BCUT2D eigenvalue weighted by atomic mass is 16.3. The predicted molar refractivity (Wildman–Crippen MR) is 46.9 cm³/mol. The molecule has 0 atom stereocenters. The highest BCUT2D eigenvalue weighted by Gasteiger charge is 2.36. The zero-order valence-corrected chi connectivity index (χ0v) is 7.93. The summed E-state index contributed by atoms with van der Waals surface area (Å²) < 4.78 is 1.76. The summed E-state index contributed by atoms with van der Waals surface area (Å²) in [6, 6.07) is 0. The van der Waals surface area contributed by atoms with Gasteiger partial charge in [-0.1, -0.05) is 0 Å². The lowest BCUT2D eigenvalue weighted by Gasteiger charge is -2.43. The molecule has 0 radical (unpaired) electrons. The molecule has 2 heterocycles. The third-order valence-electron chi connectivity index (χ3n) is 2.30. The monoisotopic (exact) mass is 182 g/mol. The van der Waals surface area contributed by atoms with Gasteiger partial charge in [0, 0.05) is 20.1 Å². The molecule has 1 aliphatic heterocycles. The van der Waals surface area contributed by atoms with Crippen LogP contribution in [0.4, 0.5) is 0 Å². The third kappa shape index (κ3) is 1.71. The number of β-amino-alcohol motifs (C(OH)–C–C–N with tert-alkyl or cyclic N) is 1. The van der Waals surface area contributed by atoms with Crippen molar-refractivity contribution in [2.24, 2.45) is 7.05 Å². The average molecular weight is 182 g/mol. The summed E-state index contributed by atoms with van der Waals surface area (Å²) in [7, 11) is 1.88. The fourth-order valence-electron chi connectivity index (χ4n) is 1.69. The second-order valence-corrected chi connectivity index (χ2v) is 3.94. The van der Waals surface area contributed by atoms with Crippen LogP contribution in [0.1, 0.15) is 12.7 Å². The van der Waals surface area contributed by atoms with Crippen molar-refractivity contribution >= 4 is 0 Å². The first-order valence-electron chi connectivity index (χ1n) is 4.34. The molecule has 5 heteroatoms. The summed E-state index contributed by atoms with van der Waals surface area (Å²) in [5.74, 6) is 0.940. The molecule has 2 rings (SSSR count). The van der Waals surface area contributed by atoms with Crippen LogP contribution in [-0.2, 0) is 13.6 Å². The van der Waals surface area contributed by atoms with E-state index in [-0.39, 0.29) is 0 Å². The van der Waals surface area contributed by atoms with E-state index in [1.54, 1.807) is 11.0 Å². The van der Waals surface area contributed by atoms with E-state index in [0.717, 1.165) is 25.5 Å². The summed E-state index contributed by atoms with van der Waals surface area (Å²) in [4.78, 5) is 6.26. The van der Waals surface area contributed by atoms with Gasteiger partial charge in [0.15, 0.2) is 0 Å². The number of nitrogens with zero attached hydrogens (tertiary/aromatic N) is 4. The fraction of sp³-hybridized carbons (Fsp3) is 0.750. The second-order valence-electron chi connectivity index (χ2n) is 3.94. The molecule has 0 aliphatic carbocycles. The zero-order chi connectivity index (χ0) is 9.47. The van der Waals surface area contributed by atoms with E-state index in [9.17, 15) is 5.11 Å². The van der Waals surface area contributed by atoms with Gasteiger partial charge < -0.3 is 5.11 Å². The highest BCUT2D eigenvalue weighted by Crippen LogP contribution is 2.20. The number of aliphatic hydroxyl groups is 1. The van der Waals surface area contributed by atoms with Crippen molar-refractivity contribution in [1.82, 2.24) is 19.7 Å². The first kappa shape index (κ1) is 8.65. The lowest BCUT2D eigenvalue weighted by molar-refractivity contribution is -0.0883. The van der Waals surface area contributed by atoms with Crippen LogP contribution in [0.5, 0.6) is 0 Å². The molecule has 1 saturated heterocycles. The number of aryl methyl sites for hydroxylation is 1. The van der Waals surface area contributed by atoms with Gasteiger partial charge in [-0.2, -0.15) is 5.10 Å². The molecule has 0 spiro atoms. The van der Waals surface area contributed by atoms with Crippen LogP contribution in [0.3, 0.4) is 0 Å². The van der Waals surface area contributed by atoms with E-state index in [1.807, 2.05) is 14.0 Å². The highest BCUT2D eigenvalue weighted by molar-refractivity contribution is 4.95. The van der Waals surface area contributed by atoms with Gasteiger partial charge in [0.1, 0.15) is 12.2 Å². The largest absolute Gasteiger partial charge is 0.388 e. The molecule has 0 saturated carbocycles. The minimum atomic E-state index is -0.501. The van der Waals surface area contributed by atoms with Crippen molar-refractivity contribution in [2.75, 3.05) is 13.1 Å². The fourth-order valence-corrected chi connectivity index (χ4v) is 1.69. The third-order valence-corrected chi connectivity index (χ3v) is 2.30. The average Bonchev–Trinajstić information content (AvgIpc) is 2.33. The van der Waals surface area contributed by atoms with Crippen LogP contribution in [0, 0.1) is 0 Å². The molecule has 1 N–H and O–H groups in total. The molecule has 1 fully saturated rings. The number of aromatic nitrogens is 3. The van der Waals surface area contributed by atoms with Crippen molar-refractivity contribution in [2.45, 2.75) is 19.1 Å². The van der Waals surface area contributed by atoms with E-state index >= 15 is 0 Å². The van der Waals surface area contributed by atoms with Crippen molar-refractivity contribution in [3.63, 3.8) is 0 Å². The Balaban J connectivity index is 1.91. The summed E-state index contributed by atoms with van der Waals surface area (Å²) in [5.41, 5.74) is -0.501. The van der Waals surface area contributed by atoms with Crippen molar-refractivity contribution in [3.05, 3.63) is 12.2 Å². The van der Waals surface area contributed by atoms with E-state index in [1.165, 1.54) is 0 Å². The maximum Gasteiger partial charge on any atom is 0.140 e. The summed E-state index contributed by atoms with van der Waals surface area (Å²) in [6.07, 6.45) is 1.55. The van der Waals surface area contributed by atoms with Crippen LogP contribution in [0.2, 0.25) is 0 Å². The van der Waals surface area contributed by atoms with E-state index in [0.29, 0.717) is 0 Å². The molecular weight excluding hydrogens is 168 g/mol. The van der Waals surface area contributed by atoms with E-state index in [2.05, 4.69) is 15.0 Å². The number of rotatable bonds is 2. The lowest BCUT2D eigenvalue weighted by atomic mass is 9.97. The Morgan fingerprint density at radius 2 is 2.31 bits per heavy atom. The molecule has 13 heavy (non-hydrogen) atoms. The molecule has 1 aromatic rings. The first-order chi connectivity index (χ1) is 6.07. The maximum atomic E-state index is 9.50. The molecule has 0 aromatic carbocycles. The molecular formula is C8H14N4O. The van der Waals surface area contributed by atoms with Crippen LogP contribution in [0.15, 0.2) is 6.33 Å². The van der Waals surface area contributed by atoms with E-state index in [4.69, 9.17) is 0 Å². The van der Waals surface area contributed by atoms with Crippen molar-refractivity contribution in [3.8, 4) is 0 Å². The van der Waals surface area contributed by atoms with Crippen LogP contribution >= 0.6 is 0 Å². The first-order valence-corrected chi connectivity index (χ1v) is 4.34. The van der Waals surface area contributed by atoms with Crippen LogP contribution < -0.4 is 0 Å². The molecule has 0 bridgehead atoms. The normalized spacial score (nSPS) is 21.5. The molecule has 1 aliphatic rings. The second kappa shape index (κ2) is 2.78. The molecule has 0 unspecified atom stereocenters. The summed E-state index contributed by atoms with van der Waals surface area (Å²) in [6.45, 7) is 4.06. The van der Waals surface area contributed by atoms with Gasteiger partial charge in [0.05, 0.1) is 12.1 Å². The van der Waals surface area contributed by atoms with E-state index < -0.39 is 5.60 Å². The molecule has 72 valence electrons. The Morgan fingerprint density at radius 1 is 1.62 bits per heavy atom. The Kier molecular flexibility index (Phi) is 1.85. The minimum Gasteiger partial charge on any atom is -0.388 e. The van der Waals surface area contributed by atoms with Gasteiger partial charge in [-0.05, 0) is 6.92 Å². The molecule has 1 aromatic heterocycles. The van der Waals surface area contributed by atoms with Crippen LogP contribution in [-0.4, -0.2) is 43.5 Å². The maximum absolute atomic E-state index is 9.50. The summed E-state index contributed by atoms with van der Waals surface area (Å²) in [5, 5.41) is 13.5. The zero-order valence-electron chi connectivity index (χ0n) is 7.93. The van der Waals surface area contributed by atoms with Crippen molar-refractivity contribution < 1.29 is 5.11 Å². The van der Waals surface area contributed by atoms with Gasteiger partial charge in [-0.3, -0.25) is 9.58 Å². The SMILES string of the molecule is Cn1ncnc1CN1CC(C)(O)C1. The van der Waals surface area contributed by atoms with Gasteiger partial charge in [0.25, 0.3) is 0 Å². The Bertz CT molecular complexity index is 299. The van der Waals surface area contributed by atoms with Crippen molar-refractivity contribution in [1.29, 1.82) is 0 Å². The van der Waals surface area contributed by atoms with Gasteiger partial charge >= 0.3 is 0 Å². The topological polar surface area (TPSA) is 54.2 Å². The van der Waals surface area contributed by atoms with Gasteiger partial charge in [-0.15, -0.1) is 0 Å². The lowest BCUT2D eigenvalue weighted by Crippen LogP contribution is -2.59. The Hall–Kier alpha value is -0.940. The standard InChI is InChI=1S/C8H14N4O/c1-8(13)4-12(5-8)3-7-9-6-10-11(7)2/h6,13H,3-5H2,1-2H3. The Morgan fingerprint density at radius 3 is 2.77 bits per heavy atom. The number of likely N-dealkylation sites (tertiary alicyclic amines) is 1. The van der Waals surface area contributed by atoms with Gasteiger partial charge in [-0.25, -0.2) is 4.98 Å². The quantitative estimate of drug-likeness (QED) is 0.662. The molecule has 0 amide bonds. The van der Waals surface area contributed by atoms with Crippen LogP contribution in [0.25, 0.3) is 0 Å². The Labute approximate surface area is 77.0 Å². The smallest absolute Gasteiger partial charge is 0.140 e. The minimum absolute atomic E-state index is 0.501.